The zero-order valence-corrected chi connectivity index (χ0v) is 15.8. The van der Waals surface area contributed by atoms with Crippen LogP contribution in [0.15, 0.2) is 42.5 Å². The highest BCUT2D eigenvalue weighted by Gasteiger charge is 2.46. The van der Waals surface area contributed by atoms with Crippen molar-refractivity contribution in [1.82, 2.24) is 0 Å². The largest absolute Gasteiger partial charge is 0.494 e. The van der Waals surface area contributed by atoms with Crippen LogP contribution in [-0.2, 0) is 11.0 Å². The maximum absolute atomic E-state index is 14.1. The molecule has 3 rings (SSSR count). The van der Waals surface area contributed by atoms with Crippen LogP contribution in [0.5, 0.6) is 5.75 Å². The van der Waals surface area contributed by atoms with Crippen LogP contribution in [0.1, 0.15) is 37.3 Å². The number of alkyl halides is 3. The molecule has 28 heavy (non-hydrogen) atoms. The zero-order chi connectivity index (χ0) is 20.6. The van der Waals surface area contributed by atoms with E-state index >= 15 is 0 Å². The number of benzene rings is 2. The average molecular weight is 395 g/mol. The number of anilines is 1. The number of carbonyl (C=O) groups excluding carboxylic acids is 1. The molecule has 2 unspecified atom stereocenters. The molecule has 1 aliphatic rings. The van der Waals surface area contributed by atoms with E-state index in [0.29, 0.717) is 17.7 Å². The second kappa shape index (κ2) is 7.45. The summed E-state index contributed by atoms with van der Waals surface area (Å²) < 4.78 is 57.1. The highest BCUT2D eigenvalue weighted by Crippen LogP contribution is 2.49. The fraction of sp³-hybridized carbons (Fsp3) is 0.381. The Balaban J connectivity index is 1.78. The van der Waals surface area contributed by atoms with E-state index in [2.05, 4.69) is 0 Å². The number of hydrogen-bond acceptors (Lipinski definition) is 2. The van der Waals surface area contributed by atoms with Gasteiger partial charge in [-0.15, -0.1) is 0 Å². The van der Waals surface area contributed by atoms with E-state index < -0.39 is 17.6 Å². The van der Waals surface area contributed by atoms with Crippen molar-refractivity contribution in [2.24, 2.45) is 5.92 Å². The van der Waals surface area contributed by atoms with Crippen molar-refractivity contribution in [3.8, 4) is 5.75 Å². The van der Waals surface area contributed by atoms with Gasteiger partial charge in [0.05, 0.1) is 12.7 Å². The first-order chi connectivity index (χ1) is 13.1. The van der Waals surface area contributed by atoms with Gasteiger partial charge < -0.3 is 9.64 Å². The highest BCUT2D eigenvalue weighted by atomic mass is 19.4. The van der Waals surface area contributed by atoms with Gasteiger partial charge in [-0.2, -0.15) is 13.2 Å². The van der Waals surface area contributed by atoms with E-state index in [9.17, 15) is 22.4 Å². The Kier molecular flexibility index (Phi) is 5.37. The third-order valence-corrected chi connectivity index (χ3v) is 4.94. The van der Waals surface area contributed by atoms with E-state index in [1.165, 1.54) is 36.3 Å². The Morgan fingerprint density at radius 2 is 1.79 bits per heavy atom. The molecular formula is C21H21F4NO2. The number of nitrogens with zero attached hydrogens (tertiary/aromatic N) is 1. The monoisotopic (exact) mass is 395 g/mol. The van der Waals surface area contributed by atoms with Crippen molar-refractivity contribution in [3.05, 3.63) is 59.4 Å². The molecule has 0 heterocycles. The van der Waals surface area contributed by atoms with E-state index in [-0.39, 0.29) is 29.5 Å². The summed E-state index contributed by atoms with van der Waals surface area (Å²) in [7, 11) is 1.36. The Labute approximate surface area is 160 Å². The lowest BCUT2D eigenvalue weighted by atomic mass is 10.1. The third kappa shape index (κ3) is 3.98. The topological polar surface area (TPSA) is 29.5 Å². The summed E-state index contributed by atoms with van der Waals surface area (Å²) in [5, 5.41) is 0. The minimum absolute atomic E-state index is 0.0916. The van der Waals surface area contributed by atoms with E-state index in [4.69, 9.17) is 4.74 Å². The maximum atomic E-state index is 14.1. The molecule has 3 nitrogen and oxygen atoms in total. The van der Waals surface area contributed by atoms with Crippen molar-refractivity contribution in [1.29, 1.82) is 0 Å². The van der Waals surface area contributed by atoms with Crippen molar-refractivity contribution >= 4 is 11.6 Å². The molecule has 0 aliphatic heterocycles. The second-order valence-electron chi connectivity index (χ2n) is 7.19. The van der Waals surface area contributed by atoms with Gasteiger partial charge in [0, 0.05) is 23.7 Å². The Morgan fingerprint density at radius 1 is 1.14 bits per heavy atom. The first kappa shape index (κ1) is 20.2. The first-order valence-corrected chi connectivity index (χ1v) is 8.97. The van der Waals surface area contributed by atoms with Crippen LogP contribution in [0.2, 0.25) is 0 Å². The fourth-order valence-electron chi connectivity index (χ4n) is 3.42. The molecule has 0 spiro atoms. The maximum Gasteiger partial charge on any atom is 0.416 e. The Bertz CT molecular complexity index is 862. The molecule has 1 amide bonds. The predicted octanol–water partition coefficient (Wildman–Crippen LogP) is 5.40. The summed E-state index contributed by atoms with van der Waals surface area (Å²) in [4.78, 5) is 14.5. The molecule has 0 bridgehead atoms. The lowest BCUT2D eigenvalue weighted by Gasteiger charge is -2.27. The van der Waals surface area contributed by atoms with Crippen LogP contribution in [0.25, 0.3) is 0 Å². The van der Waals surface area contributed by atoms with Crippen LogP contribution in [0.3, 0.4) is 0 Å². The van der Waals surface area contributed by atoms with Crippen LogP contribution in [0, 0.1) is 11.7 Å². The molecule has 0 N–H and O–H groups in total. The SMILES string of the molecule is COc1ccc(N(C(=O)C2CC2c2ccc(C(F)(F)F)cc2)C(C)C)cc1F. The number of carbonyl (C=O) groups is 1. The van der Waals surface area contributed by atoms with Gasteiger partial charge in [-0.25, -0.2) is 4.39 Å². The van der Waals surface area contributed by atoms with Gasteiger partial charge in [0.2, 0.25) is 5.91 Å². The van der Waals surface area contributed by atoms with Crippen LogP contribution >= 0.6 is 0 Å². The predicted molar refractivity (Wildman–Crippen MR) is 97.9 cm³/mol. The molecule has 2 aromatic rings. The molecule has 0 radical (unpaired) electrons. The molecular weight excluding hydrogens is 374 g/mol. The van der Waals surface area contributed by atoms with Gasteiger partial charge in [0.15, 0.2) is 11.6 Å². The molecule has 7 heteroatoms. The normalized spacial score (nSPS) is 18.9. The van der Waals surface area contributed by atoms with Crippen LogP contribution < -0.4 is 9.64 Å². The summed E-state index contributed by atoms with van der Waals surface area (Å²) in [6.45, 7) is 3.66. The fourth-order valence-corrected chi connectivity index (χ4v) is 3.42. The highest BCUT2D eigenvalue weighted by molar-refractivity contribution is 5.98. The molecule has 2 aromatic carbocycles. The van der Waals surface area contributed by atoms with Gasteiger partial charge in [0.1, 0.15) is 0 Å². The molecule has 1 fully saturated rings. The third-order valence-electron chi connectivity index (χ3n) is 4.94. The number of hydrogen-bond donors (Lipinski definition) is 0. The lowest BCUT2D eigenvalue weighted by Crippen LogP contribution is -2.38. The number of methoxy groups -OCH3 is 1. The van der Waals surface area contributed by atoms with Crippen molar-refractivity contribution in [2.45, 2.75) is 38.4 Å². The van der Waals surface area contributed by atoms with E-state index in [1.54, 1.807) is 6.07 Å². The average Bonchev–Trinajstić information content (AvgIpc) is 3.42. The van der Waals surface area contributed by atoms with Gasteiger partial charge in [-0.05, 0) is 56.0 Å². The summed E-state index contributed by atoms with van der Waals surface area (Å²) in [5.41, 5.74) is 0.421. The number of amides is 1. The minimum Gasteiger partial charge on any atom is -0.494 e. The summed E-state index contributed by atoms with van der Waals surface area (Å²) in [6.07, 6.45) is -3.82. The smallest absolute Gasteiger partial charge is 0.416 e. The van der Waals surface area contributed by atoms with Crippen LogP contribution in [0.4, 0.5) is 23.2 Å². The summed E-state index contributed by atoms with van der Waals surface area (Å²) in [6, 6.07) is 9.06. The quantitative estimate of drug-likeness (QED) is 0.635. The minimum atomic E-state index is -4.38. The van der Waals surface area contributed by atoms with Crippen LogP contribution in [-0.4, -0.2) is 19.1 Å². The number of ether oxygens (including phenoxy) is 1. The first-order valence-electron chi connectivity index (χ1n) is 8.97. The second-order valence-corrected chi connectivity index (χ2v) is 7.19. The van der Waals surface area contributed by atoms with Crippen molar-refractivity contribution in [2.75, 3.05) is 12.0 Å². The molecule has 0 saturated heterocycles. The van der Waals surface area contributed by atoms with Crippen molar-refractivity contribution in [3.63, 3.8) is 0 Å². The van der Waals surface area contributed by atoms with Crippen molar-refractivity contribution < 1.29 is 27.1 Å². The standard InChI is InChI=1S/C21H21F4NO2/c1-12(2)26(15-8-9-19(28-3)18(22)10-15)20(27)17-11-16(17)13-4-6-14(7-5-13)21(23,24)25/h4-10,12,16-17H,11H2,1-3H3. The zero-order valence-electron chi connectivity index (χ0n) is 15.8. The van der Waals surface area contributed by atoms with Gasteiger partial charge in [-0.3, -0.25) is 4.79 Å². The summed E-state index contributed by atoms with van der Waals surface area (Å²) >= 11 is 0. The molecule has 0 aromatic heterocycles. The molecule has 150 valence electrons. The lowest BCUT2D eigenvalue weighted by molar-refractivity contribution is -0.137. The van der Waals surface area contributed by atoms with Gasteiger partial charge in [0.25, 0.3) is 0 Å². The Morgan fingerprint density at radius 3 is 2.29 bits per heavy atom. The molecule has 2 atom stereocenters. The van der Waals surface area contributed by atoms with Gasteiger partial charge >= 0.3 is 6.18 Å². The number of rotatable bonds is 5. The molecule has 1 aliphatic carbocycles. The Hall–Kier alpha value is -2.57. The molecule has 1 saturated carbocycles. The van der Waals surface area contributed by atoms with E-state index in [1.807, 2.05) is 13.8 Å². The summed E-state index contributed by atoms with van der Waals surface area (Å²) in [5.74, 6) is -1.09. The number of halogens is 4. The van der Waals surface area contributed by atoms with E-state index in [0.717, 1.165) is 12.1 Å². The van der Waals surface area contributed by atoms with Gasteiger partial charge in [-0.1, -0.05) is 12.1 Å².